The van der Waals surface area contributed by atoms with Crippen molar-refractivity contribution < 1.29 is 19.8 Å². The normalized spacial score (nSPS) is 11.2. The van der Waals surface area contributed by atoms with Gasteiger partial charge in [-0.25, -0.2) is 0 Å². The molecule has 0 unspecified atom stereocenters. The molecule has 0 spiro atoms. The van der Waals surface area contributed by atoms with Crippen LogP contribution in [0.1, 0.15) is 38.7 Å². The van der Waals surface area contributed by atoms with Crippen molar-refractivity contribution in [3.05, 3.63) is 29.8 Å². The third-order valence-electron chi connectivity index (χ3n) is 3.73. The first kappa shape index (κ1) is 16.2. The van der Waals surface area contributed by atoms with Crippen LogP contribution in [0.2, 0.25) is 0 Å². The fourth-order valence-corrected chi connectivity index (χ4v) is 2.08. The van der Waals surface area contributed by atoms with Gasteiger partial charge in [-0.1, -0.05) is 26.0 Å². The average Bonchev–Trinajstić information content (AvgIpc) is 2.45. The number of carboxylic acid groups (broad SMARTS) is 1. The molecule has 0 saturated carbocycles. The lowest BCUT2D eigenvalue weighted by Gasteiger charge is -2.25. The van der Waals surface area contributed by atoms with Crippen molar-refractivity contribution in [2.24, 2.45) is 5.41 Å². The van der Waals surface area contributed by atoms with Gasteiger partial charge in [0, 0.05) is 12.1 Å². The Balaban J connectivity index is 2.72. The van der Waals surface area contributed by atoms with E-state index < -0.39 is 11.4 Å². The van der Waals surface area contributed by atoms with Gasteiger partial charge in [0.25, 0.3) is 0 Å². The highest BCUT2D eigenvalue weighted by molar-refractivity contribution is 5.94. The van der Waals surface area contributed by atoms with Crippen molar-refractivity contribution in [2.45, 2.75) is 39.7 Å². The summed E-state index contributed by atoms with van der Waals surface area (Å²) in [7, 11) is 0. The van der Waals surface area contributed by atoms with Gasteiger partial charge in [-0.2, -0.15) is 0 Å². The second-order valence-electron chi connectivity index (χ2n) is 4.87. The van der Waals surface area contributed by atoms with Crippen molar-refractivity contribution in [1.82, 2.24) is 0 Å². The summed E-state index contributed by atoms with van der Waals surface area (Å²) in [5, 5.41) is 20.9. The summed E-state index contributed by atoms with van der Waals surface area (Å²) in [6.07, 6.45) is 0.780. The van der Waals surface area contributed by atoms with Crippen molar-refractivity contribution >= 4 is 17.6 Å². The van der Waals surface area contributed by atoms with Gasteiger partial charge >= 0.3 is 5.97 Å². The number of benzene rings is 1. The third kappa shape index (κ3) is 3.81. The van der Waals surface area contributed by atoms with Gasteiger partial charge in [0.2, 0.25) is 5.91 Å². The molecule has 0 aliphatic carbocycles. The summed E-state index contributed by atoms with van der Waals surface area (Å²) < 4.78 is 0. The SMILES string of the molecule is CCC(CC)(CC(=O)Nc1ccc(CO)cc1)C(=O)O. The molecule has 0 aromatic heterocycles. The molecular formula is C15H21NO4. The Morgan fingerprint density at radius 3 is 2.10 bits per heavy atom. The largest absolute Gasteiger partial charge is 0.481 e. The number of aliphatic hydroxyl groups excluding tert-OH is 1. The van der Waals surface area contributed by atoms with E-state index in [4.69, 9.17) is 5.11 Å². The predicted molar refractivity (Wildman–Crippen MR) is 76.3 cm³/mol. The number of nitrogens with one attached hydrogen (secondary N) is 1. The average molecular weight is 279 g/mol. The van der Waals surface area contributed by atoms with Crippen LogP contribution in [0.3, 0.4) is 0 Å². The van der Waals surface area contributed by atoms with E-state index in [-0.39, 0.29) is 18.9 Å². The second-order valence-corrected chi connectivity index (χ2v) is 4.87. The molecule has 0 atom stereocenters. The highest BCUT2D eigenvalue weighted by atomic mass is 16.4. The van der Waals surface area contributed by atoms with Crippen LogP contribution >= 0.6 is 0 Å². The Bertz CT molecular complexity index is 463. The van der Waals surface area contributed by atoms with Crippen LogP contribution in [0.4, 0.5) is 5.69 Å². The van der Waals surface area contributed by atoms with E-state index in [9.17, 15) is 14.7 Å². The van der Waals surface area contributed by atoms with Crippen molar-refractivity contribution in [3.8, 4) is 0 Å². The standard InChI is InChI=1S/C15H21NO4/c1-3-15(4-2,14(19)20)9-13(18)16-12-7-5-11(10-17)6-8-12/h5-8,17H,3-4,9-10H2,1-2H3,(H,16,18)(H,19,20). The number of carbonyl (C=O) groups is 2. The molecule has 5 nitrogen and oxygen atoms in total. The van der Waals surface area contributed by atoms with Crippen LogP contribution in [0, 0.1) is 5.41 Å². The monoisotopic (exact) mass is 279 g/mol. The number of carbonyl (C=O) groups excluding carboxylic acids is 1. The van der Waals surface area contributed by atoms with E-state index in [0.717, 1.165) is 5.56 Å². The zero-order valence-corrected chi connectivity index (χ0v) is 11.8. The zero-order valence-electron chi connectivity index (χ0n) is 11.8. The molecule has 1 rings (SSSR count). The molecule has 0 aliphatic heterocycles. The first-order valence-electron chi connectivity index (χ1n) is 6.70. The summed E-state index contributed by atoms with van der Waals surface area (Å²) in [6, 6.07) is 6.78. The number of hydrogen-bond donors (Lipinski definition) is 3. The maximum Gasteiger partial charge on any atom is 0.310 e. The van der Waals surface area contributed by atoms with E-state index in [1.54, 1.807) is 38.1 Å². The maximum absolute atomic E-state index is 12.0. The molecule has 1 aromatic rings. The summed E-state index contributed by atoms with van der Waals surface area (Å²) in [6.45, 7) is 3.50. The smallest absolute Gasteiger partial charge is 0.310 e. The first-order chi connectivity index (χ1) is 9.47. The highest BCUT2D eigenvalue weighted by Gasteiger charge is 2.37. The summed E-state index contributed by atoms with van der Waals surface area (Å²) in [4.78, 5) is 23.3. The molecule has 1 amide bonds. The molecule has 0 bridgehead atoms. The number of carboxylic acids is 1. The van der Waals surface area contributed by atoms with E-state index in [1.807, 2.05) is 0 Å². The highest BCUT2D eigenvalue weighted by Crippen LogP contribution is 2.31. The van der Waals surface area contributed by atoms with Crippen LogP contribution < -0.4 is 5.32 Å². The van der Waals surface area contributed by atoms with E-state index in [1.165, 1.54) is 0 Å². The minimum absolute atomic E-state index is 0.0446. The topological polar surface area (TPSA) is 86.6 Å². The Morgan fingerprint density at radius 2 is 1.70 bits per heavy atom. The molecule has 0 aliphatic rings. The lowest BCUT2D eigenvalue weighted by Crippen LogP contribution is -2.34. The fraction of sp³-hybridized carbons (Fsp3) is 0.467. The quantitative estimate of drug-likeness (QED) is 0.715. The molecule has 0 heterocycles. The van der Waals surface area contributed by atoms with Crippen LogP contribution in [0.15, 0.2) is 24.3 Å². The number of rotatable bonds is 7. The Morgan fingerprint density at radius 1 is 1.15 bits per heavy atom. The molecule has 3 N–H and O–H groups in total. The van der Waals surface area contributed by atoms with E-state index >= 15 is 0 Å². The number of aliphatic carboxylic acids is 1. The first-order valence-corrected chi connectivity index (χ1v) is 6.70. The molecule has 0 saturated heterocycles. The summed E-state index contributed by atoms with van der Waals surface area (Å²) in [5.74, 6) is -1.25. The Kier molecular flexibility index (Phi) is 5.70. The molecule has 5 heteroatoms. The number of aliphatic hydroxyl groups is 1. The molecule has 1 aromatic carbocycles. The van der Waals surface area contributed by atoms with Gasteiger partial charge in [-0.15, -0.1) is 0 Å². The van der Waals surface area contributed by atoms with Gasteiger partial charge < -0.3 is 15.5 Å². The van der Waals surface area contributed by atoms with Crippen LogP contribution in [-0.4, -0.2) is 22.1 Å². The van der Waals surface area contributed by atoms with E-state index in [2.05, 4.69) is 5.32 Å². The van der Waals surface area contributed by atoms with Gasteiger partial charge in [0.05, 0.1) is 12.0 Å². The lowest BCUT2D eigenvalue weighted by atomic mass is 9.79. The molecule has 110 valence electrons. The predicted octanol–water partition coefficient (Wildman–Crippen LogP) is 2.40. The molecule has 20 heavy (non-hydrogen) atoms. The van der Waals surface area contributed by atoms with Crippen molar-refractivity contribution in [1.29, 1.82) is 0 Å². The number of amides is 1. The molecule has 0 fully saturated rings. The number of hydrogen-bond acceptors (Lipinski definition) is 3. The Hall–Kier alpha value is -1.88. The van der Waals surface area contributed by atoms with Crippen LogP contribution in [0.5, 0.6) is 0 Å². The van der Waals surface area contributed by atoms with Gasteiger partial charge in [-0.05, 0) is 30.5 Å². The number of anilines is 1. The minimum Gasteiger partial charge on any atom is -0.481 e. The van der Waals surface area contributed by atoms with Crippen molar-refractivity contribution in [3.63, 3.8) is 0 Å². The fourth-order valence-electron chi connectivity index (χ4n) is 2.08. The van der Waals surface area contributed by atoms with Gasteiger partial charge in [-0.3, -0.25) is 9.59 Å². The van der Waals surface area contributed by atoms with Gasteiger partial charge in [0.15, 0.2) is 0 Å². The van der Waals surface area contributed by atoms with Crippen molar-refractivity contribution in [2.75, 3.05) is 5.32 Å². The minimum atomic E-state index is -1.00. The third-order valence-corrected chi connectivity index (χ3v) is 3.73. The lowest BCUT2D eigenvalue weighted by molar-refractivity contribution is -0.151. The zero-order chi connectivity index (χ0) is 15.2. The molecule has 0 radical (unpaired) electrons. The van der Waals surface area contributed by atoms with Crippen LogP contribution in [-0.2, 0) is 16.2 Å². The summed E-state index contributed by atoms with van der Waals surface area (Å²) in [5.41, 5.74) is 0.346. The summed E-state index contributed by atoms with van der Waals surface area (Å²) >= 11 is 0. The molecular weight excluding hydrogens is 258 g/mol. The van der Waals surface area contributed by atoms with E-state index in [0.29, 0.717) is 18.5 Å². The maximum atomic E-state index is 12.0. The van der Waals surface area contributed by atoms with Gasteiger partial charge in [0.1, 0.15) is 0 Å². The Labute approximate surface area is 118 Å². The second kappa shape index (κ2) is 7.05. The van der Waals surface area contributed by atoms with Crippen LogP contribution in [0.25, 0.3) is 0 Å².